The molecule has 2 atom stereocenters. The highest BCUT2D eigenvalue weighted by Gasteiger charge is 2.34. The van der Waals surface area contributed by atoms with E-state index in [0.29, 0.717) is 27.6 Å². The summed E-state index contributed by atoms with van der Waals surface area (Å²) in [5.41, 5.74) is 2.44. The third-order valence-electron chi connectivity index (χ3n) is 7.01. The standard InChI is InChI=1S/C31H37Cl2N3O4S/c1-6-23(5)34-31(38)28(7-2)35(19-24-10-8-9-11-27(24)33)30(37)20-36(29-18-25(32)15-14-22(29)4)41(39,40)26-16-12-21(3)13-17-26/h8-18,23,28H,6-7,19-20H2,1-5H3,(H,34,38)/t23-,28-/m1/s1. The van der Waals surface area contributed by atoms with Crippen LogP contribution in [0.4, 0.5) is 5.69 Å². The molecule has 2 amide bonds. The minimum absolute atomic E-state index is 0.0257. The second-order valence-corrected chi connectivity index (χ2v) is 12.8. The fourth-order valence-electron chi connectivity index (χ4n) is 4.37. The lowest BCUT2D eigenvalue weighted by molar-refractivity contribution is -0.140. The Kier molecular flexibility index (Phi) is 11.2. The molecule has 1 N–H and O–H groups in total. The van der Waals surface area contributed by atoms with Crippen molar-refractivity contribution in [1.82, 2.24) is 10.2 Å². The van der Waals surface area contributed by atoms with E-state index in [1.165, 1.54) is 23.1 Å². The third kappa shape index (κ3) is 8.03. The van der Waals surface area contributed by atoms with Gasteiger partial charge in [0.05, 0.1) is 10.6 Å². The van der Waals surface area contributed by atoms with Crippen molar-refractivity contribution in [2.45, 2.75) is 71.0 Å². The van der Waals surface area contributed by atoms with Crippen molar-refractivity contribution in [1.29, 1.82) is 0 Å². The molecule has 0 heterocycles. The molecule has 0 radical (unpaired) electrons. The predicted octanol–water partition coefficient (Wildman–Crippen LogP) is 6.53. The summed E-state index contributed by atoms with van der Waals surface area (Å²) in [6.07, 6.45) is 1.04. The number of anilines is 1. The Bertz CT molecular complexity index is 1480. The topological polar surface area (TPSA) is 86.8 Å². The number of benzene rings is 3. The Morgan fingerprint density at radius 3 is 2.20 bits per heavy atom. The van der Waals surface area contributed by atoms with Crippen LogP contribution in [-0.4, -0.2) is 43.8 Å². The van der Waals surface area contributed by atoms with Crippen LogP contribution >= 0.6 is 23.2 Å². The van der Waals surface area contributed by atoms with Crippen LogP contribution in [0.5, 0.6) is 0 Å². The summed E-state index contributed by atoms with van der Waals surface area (Å²) in [5.74, 6) is -0.861. The molecule has 0 saturated carbocycles. The van der Waals surface area contributed by atoms with Crippen molar-refractivity contribution in [3.8, 4) is 0 Å². The van der Waals surface area contributed by atoms with Crippen LogP contribution in [0.3, 0.4) is 0 Å². The van der Waals surface area contributed by atoms with Gasteiger partial charge >= 0.3 is 0 Å². The molecule has 0 aliphatic carbocycles. The molecule has 220 valence electrons. The van der Waals surface area contributed by atoms with Crippen LogP contribution < -0.4 is 9.62 Å². The maximum atomic E-state index is 14.2. The van der Waals surface area contributed by atoms with E-state index in [9.17, 15) is 18.0 Å². The normalized spacial score (nSPS) is 12.9. The summed E-state index contributed by atoms with van der Waals surface area (Å²) in [7, 11) is -4.19. The van der Waals surface area contributed by atoms with E-state index in [1.54, 1.807) is 55.5 Å². The third-order valence-corrected chi connectivity index (χ3v) is 9.39. The van der Waals surface area contributed by atoms with Crippen LogP contribution in [0.1, 0.15) is 50.3 Å². The summed E-state index contributed by atoms with van der Waals surface area (Å²) in [4.78, 5) is 29.0. The summed E-state index contributed by atoms with van der Waals surface area (Å²) < 4.78 is 29.2. The number of hydrogen-bond donors (Lipinski definition) is 1. The second kappa shape index (κ2) is 14.2. The fraction of sp³-hybridized carbons (Fsp3) is 0.355. The van der Waals surface area contributed by atoms with Crippen molar-refractivity contribution in [2.24, 2.45) is 0 Å². The predicted molar refractivity (Wildman–Crippen MR) is 166 cm³/mol. The molecule has 10 heteroatoms. The van der Waals surface area contributed by atoms with E-state index >= 15 is 0 Å². The largest absolute Gasteiger partial charge is 0.352 e. The summed E-state index contributed by atoms with van der Waals surface area (Å²) in [5, 5.41) is 3.73. The van der Waals surface area contributed by atoms with Gasteiger partial charge in [-0.05, 0) is 75.1 Å². The number of halogens is 2. The maximum absolute atomic E-state index is 14.2. The Labute approximate surface area is 253 Å². The van der Waals surface area contributed by atoms with E-state index in [1.807, 2.05) is 27.7 Å². The fourth-order valence-corrected chi connectivity index (χ4v) is 6.21. The van der Waals surface area contributed by atoms with Crippen molar-refractivity contribution >= 4 is 50.7 Å². The van der Waals surface area contributed by atoms with Crippen molar-refractivity contribution < 1.29 is 18.0 Å². The van der Waals surface area contributed by atoms with Gasteiger partial charge in [-0.2, -0.15) is 0 Å². The van der Waals surface area contributed by atoms with Gasteiger partial charge in [-0.3, -0.25) is 13.9 Å². The van der Waals surface area contributed by atoms with E-state index < -0.39 is 28.5 Å². The molecular formula is C31H37Cl2N3O4S. The molecule has 0 unspecified atom stereocenters. The van der Waals surface area contributed by atoms with Gasteiger partial charge in [0.25, 0.3) is 10.0 Å². The minimum atomic E-state index is -4.19. The number of carbonyl (C=O) groups excluding carboxylic acids is 2. The molecule has 3 rings (SSSR count). The molecular weight excluding hydrogens is 581 g/mol. The van der Waals surface area contributed by atoms with Crippen molar-refractivity contribution in [3.63, 3.8) is 0 Å². The summed E-state index contributed by atoms with van der Waals surface area (Å²) in [6.45, 7) is 8.76. The first-order valence-corrected chi connectivity index (χ1v) is 15.8. The SMILES string of the molecule is CC[C@@H](C)NC(=O)[C@@H](CC)N(Cc1ccccc1Cl)C(=O)CN(c1cc(Cl)ccc1C)S(=O)(=O)c1ccc(C)cc1. The van der Waals surface area contributed by atoms with E-state index in [2.05, 4.69) is 5.32 Å². The van der Waals surface area contributed by atoms with Gasteiger partial charge in [0, 0.05) is 22.6 Å². The smallest absolute Gasteiger partial charge is 0.264 e. The summed E-state index contributed by atoms with van der Waals surface area (Å²) >= 11 is 12.7. The van der Waals surface area contributed by atoms with Gasteiger partial charge in [0.2, 0.25) is 11.8 Å². The number of sulfonamides is 1. The lowest BCUT2D eigenvalue weighted by Gasteiger charge is -2.34. The Morgan fingerprint density at radius 1 is 0.927 bits per heavy atom. The van der Waals surface area contributed by atoms with Crippen LogP contribution in [0, 0.1) is 13.8 Å². The molecule has 0 fully saturated rings. The Hall–Kier alpha value is -3.07. The van der Waals surface area contributed by atoms with E-state index in [0.717, 1.165) is 16.3 Å². The highest BCUT2D eigenvalue weighted by atomic mass is 35.5. The Balaban J connectivity index is 2.11. The molecule has 0 aliphatic heterocycles. The summed E-state index contributed by atoms with van der Waals surface area (Å²) in [6, 6.07) is 17.4. The first-order chi connectivity index (χ1) is 19.4. The first-order valence-electron chi connectivity index (χ1n) is 13.6. The average molecular weight is 619 g/mol. The zero-order chi connectivity index (χ0) is 30.3. The van der Waals surface area contributed by atoms with Gasteiger partial charge in [0.15, 0.2) is 0 Å². The number of carbonyl (C=O) groups is 2. The molecule has 0 saturated heterocycles. The van der Waals surface area contributed by atoms with Crippen molar-refractivity contribution in [2.75, 3.05) is 10.8 Å². The molecule has 3 aromatic carbocycles. The molecule has 7 nitrogen and oxygen atoms in total. The molecule has 3 aromatic rings. The molecule has 0 aliphatic rings. The zero-order valence-corrected chi connectivity index (χ0v) is 26.4. The lowest BCUT2D eigenvalue weighted by Crippen LogP contribution is -2.53. The van der Waals surface area contributed by atoms with E-state index in [-0.39, 0.29) is 29.1 Å². The van der Waals surface area contributed by atoms with Crippen LogP contribution in [0.15, 0.2) is 71.6 Å². The zero-order valence-electron chi connectivity index (χ0n) is 24.0. The number of hydrogen-bond acceptors (Lipinski definition) is 4. The second-order valence-electron chi connectivity index (χ2n) is 10.1. The van der Waals surface area contributed by atoms with Gasteiger partial charge < -0.3 is 10.2 Å². The molecule has 0 spiro atoms. The monoisotopic (exact) mass is 617 g/mol. The van der Waals surface area contributed by atoms with Crippen LogP contribution in [0.25, 0.3) is 0 Å². The quantitative estimate of drug-likeness (QED) is 0.250. The minimum Gasteiger partial charge on any atom is -0.352 e. The number of rotatable bonds is 12. The van der Waals surface area contributed by atoms with Gasteiger partial charge in [-0.25, -0.2) is 8.42 Å². The van der Waals surface area contributed by atoms with Gasteiger partial charge in [-0.15, -0.1) is 0 Å². The molecule has 0 aromatic heterocycles. The number of amides is 2. The van der Waals surface area contributed by atoms with Crippen molar-refractivity contribution in [3.05, 3.63) is 93.5 Å². The van der Waals surface area contributed by atoms with Gasteiger partial charge in [0.1, 0.15) is 12.6 Å². The van der Waals surface area contributed by atoms with E-state index in [4.69, 9.17) is 23.2 Å². The number of aryl methyl sites for hydroxylation is 2. The number of nitrogens with one attached hydrogen (secondary N) is 1. The average Bonchev–Trinajstić information content (AvgIpc) is 2.94. The highest BCUT2D eigenvalue weighted by Crippen LogP contribution is 2.30. The van der Waals surface area contributed by atoms with Crippen LogP contribution in [-0.2, 0) is 26.2 Å². The van der Waals surface area contributed by atoms with Gasteiger partial charge in [-0.1, -0.05) is 79.0 Å². The lowest BCUT2D eigenvalue weighted by atomic mass is 10.1. The molecule has 41 heavy (non-hydrogen) atoms. The Morgan fingerprint density at radius 2 is 1.59 bits per heavy atom. The number of nitrogens with zero attached hydrogens (tertiary/aromatic N) is 2. The maximum Gasteiger partial charge on any atom is 0.264 e. The first kappa shape index (κ1) is 32.4. The van der Waals surface area contributed by atoms with Crippen LogP contribution in [0.2, 0.25) is 10.0 Å². The highest BCUT2D eigenvalue weighted by molar-refractivity contribution is 7.92. The molecule has 0 bridgehead atoms.